The number of halogens is 1. The minimum absolute atomic E-state index is 0.0147. The van der Waals surface area contributed by atoms with Crippen LogP contribution in [0.2, 0.25) is 0 Å². The molecule has 0 aliphatic heterocycles. The summed E-state index contributed by atoms with van der Waals surface area (Å²) in [5.41, 5.74) is 0. The largest absolute Gasteiger partial charge is 0.463 e. The second-order valence-electron chi connectivity index (χ2n) is 6.48. The Bertz CT molecular complexity index is 259. The van der Waals surface area contributed by atoms with Gasteiger partial charge in [0.15, 0.2) is 0 Å². The van der Waals surface area contributed by atoms with E-state index in [0.29, 0.717) is 6.42 Å². The van der Waals surface area contributed by atoms with Gasteiger partial charge in [0.25, 0.3) is 0 Å². The second-order valence-corrected chi connectivity index (χ2v) is 6.79. The normalized spacial score (nSPS) is 12.3. The molecular weight excluding hydrogens is 312 g/mol. The van der Waals surface area contributed by atoms with Gasteiger partial charge >= 0.3 is 5.97 Å². The van der Waals surface area contributed by atoms with Crippen molar-refractivity contribution in [3.63, 3.8) is 0 Å². The number of carbonyl (C=O) groups is 1. The number of aliphatic hydroxyl groups excluding tert-OH is 1. The molecule has 0 bridgehead atoms. The van der Waals surface area contributed by atoms with E-state index in [0.717, 1.165) is 12.8 Å². The molecule has 0 aromatic rings. The van der Waals surface area contributed by atoms with E-state index in [-0.39, 0.29) is 18.5 Å². The molecule has 0 fully saturated rings. The molecule has 0 amide bonds. The van der Waals surface area contributed by atoms with Crippen molar-refractivity contribution in [3.8, 4) is 0 Å². The number of hydrogen-bond acceptors (Lipinski definition) is 3. The summed E-state index contributed by atoms with van der Waals surface area (Å²) in [6, 6.07) is 0. The van der Waals surface area contributed by atoms with Crippen molar-refractivity contribution in [2.24, 2.45) is 0 Å². The average Bonchev–Trinajstić information content (AvgIpc) is 2.56. The number of esters is 1. The summed E-state index contributed by atoms with van der Waals surface area (Å²) >= 11 is 5.43. The monoisotopic (exact) mass is 348 g/mol. The molecule has 3 nitrogen and oxygen atoms in total. The summed E-state index contributed by atoms with van der Waals surface area (Å²) in [7, 11) is 0. The molecule has 138 valence electrons. The fourth-order valence-corrected chi connectivity index (χ4v) is 2.68. The maximum atomic E-state index is 11.4. The first-order chi connectivity index (χ1) is 11.2. The van der Waals surface area contributed by atoms with E-state index < -0.39 is 6.10 Å². The van der Waals surface area contributed by atoms with Crippen molar-refractivity contribution in [2.45, 2.75) is 103 Å². The average molecular weight is 349 g/mol. The Hall–Kier alpha value is -0.280. The zero-order chi connectivity index (χ0) is 17.2. The first-order valence-corrected chi connectivity index (χ1v) is 10.1. The highest BCUT2D eigenvalue weighted by atomic mass is 35.5. The summed E-state index contributed by atoms with van der Waals surface area (Å²) in [6.07, 6.45) is 16.5. The number of carbonyl (C=O) groups excluding carboxylic acids is 1. The predicted molar refractivity (Wildman–Crippen MR) is 98.0 cm³/mol. The van der Waals surface area contributed by atoms with Crippen molar-refractivity contribution >= 4 is 17.6 Å². The highest BCUT2D eigenvalue weighted by molar-refractivity contribution is 6.18. The van der Waals surface area contributed by atoms with Crippen molar-refractivity contribution in [1.29, 1.82) is 0 Å². The van der Waals surface area contributed by atoms with Gasteiger partial charge in [-0.25, -0.2) is 0 Å². The summed E-state index contributed by atoms with van der Waals surface area (Å²) in [4.78, 5) is 11.4. The third-order valence-electron chi connectivity index (χ3n) is 4.10. The molecule has 4 heteroatoms. The van der Waals surface area contributed by atoms with Gasteiger partial charge in [-0.05, 0) is 6.42 Å². The maximum Gasteiger partial charge on any atom is 0.305 e. The molecule has 23 heavy (non-hydrogen) atoms. The molecule has 0 rings (SSSR count). The zero-order valence-corrected chi connectivity index (χ0v) is 15.8. The van der Waals surface area contributed by atoms with E-state index in [1.54, 1.807) is 0 Å². The molecular formula is C19H37ClO3. The minimum Gasteiger partial charge on any atom is -0.463 e. The summed E-state index contributed by atoms with van der Waals surface area (Å²) in [5, 5.41) is 9.18. The van der Waals surface area contributed by atoms with Gasteiger partial charge in [0.05, 0.1) is 5.88 Å². The van der Waals surface area contributed by atoms with Gasteiger partial charge in [0, 0.05) is 6.42 Å². The fraction of sp³-hybridized carbons (Fsp3) is 0.947. The van der Waals surface area contributed by atoms with Crippen LogP contribution >= 0.6 is 11.6 Å². The third kappa shape index (κ3) is 17.9. The number of unbranched alkanes of at least 4 members (excludes halogenated alkanes) is 12. The van der Waals surface area contributed by atoms with E-state index in [1.807, 2.05) is 0 Å². The Kier molecular flexibility index (Phi) is 17.8. The van der Waals surface area contributed by atoms with Crippen LogP contribution in [0, 0.1) is 0 Å². The molecule has 0 spiro atoms. The maximum absolute atomic E-state index is 11.4. The number of rotatable bonds is 17. The van der Waals surface area contributed by atoms with Crippen LogP contribution in [0.25, 0.3) is 0 Å². The summed E-state index contributed by atoms with van der Waals surface area (Å²) < 4.78 is 4.93. The third-order valence-corrected chi connectivity index (χ3v) is 4.46. The molecule has 0 aromatic heterocycles. The van der Waals surface area contributed by atoms with Gasteiger partial charge in [-0.15, -0.1) is 11.6 Å². The van der Waals surface area contributed by atoms with Gasteiger partial charge in [-0.1, -0.05) is 84.0 Å². The first kappa shape index (κ1) is 22.7. The van der Waals surface area contributed by atoms with E-state index in [9.17, 15) is 9.90 Å². The van der Waals surface area contributed by atoms with Crippen LogP contribution in [0.1, 0.15) is 96.8 Å². The van der Waals surface area contributed by atoms with Gasteiger partial charge in [0.1, 0.15) is 12.7 Å². The number of hydrogen-bond donors (Lipinski definition) is 1. The first-order valence-electron chi connectivity index (χ1n) is 9.60. The Morgan fingerprint density at radius 3 is 1.74 bits per heavy atom. The Balaban J connectivity index is 3.14. The highest BCUT2D eigenvalue weighted by Crippen LogP contribution is 2.13. The molecule has 1 atom stereocenters. The highest BCUT2D eigenvalue weighted by Gasteiger charge is 2.07. The van der Waals surface area contributed by atoms with Crippen LogP contribution in [0.5, 0.6) is 0 Å². The zero-order valence-electron chi connectivity index (χ0n) is 15.0. The molecule has 1 unspecified atom stereocenters. The lowest BCUT2D eigenvalue weighted by molar-refractivity contribution is -0.146. The van der Waals surface area contributed by atoms with Crippen molar-refractivity contribution < 1.29 is 14.6 Å². The lowest BCUT2D eigenvalue weighted by atomic mass is 10.0. The van der Waals surface area contributed by atoms with Gasteiger partial charge in [0.2, 0.25) is 0 Å². The molecule has 1 N–H and O–H groups in total. The van der Waals surface area contributed by atoms with E-state index in [4.69, 9.17) is 16.3 Å². The van der Waals surface area contributed by atoms with E-state index in [2.05, 4.69) is 6.92 Å². The van der Waals surface area contributed by atoms with Gasteiger partial charge in [-0.3, -0.25) is 4.79 Å². The molecule has 0 aromatic carbocycles. The Morgan fingerprint density at radius 1 is 0.870 bits per heavy atom. The van der Waals surface area contributed by atoms with E-state index >= 15 is 0 Å². The van der Waals surface area contributed by atoms with Gasteiger partial charge < -0.3 is 9.84 Å². The molecule has 0 heterocycles. The van der Waals surface area contributed by atoms with Crippen molar-refractivity contribution in [2.75, 3.05) is 12.5 Å². The standard InChI is InChI=1S/C19H37ClO3/c1-2-3-4-5-6-7-8-9-10-11-12-13-14-15-19(22)23-17-18(21)16-20/h18,21H,2-17H2,1H3. The van der Waals surface area contributed by atoms with Crippen LogP contribution in [0.3, 0.4) is 0 Å². The van der Waals surface area contributed by atoms with E-state index in [1.165, 1.54) is 70.6 Å². The SMILES string of the molecule is CCCCCCCCCCCCCCCC(=O)OCC(O)CCl. The van der Waals surface area contributed by atoms with Crippen LogP contribution in [0.15, 0.2) is 0 Å². The summed E-state index contributed by atoms with van der Waals surface area (Å²) in [5.74, 6) is -0.122. The summed E-state index contributed by atoms with van der Waals surface area (Å²) in [6.45, 7) is 2.27. The quantitative estimate of drug-likeness (QED) is 0.211. The molecule has 0 saturated heterocycles. The van der Waals surface area contributed by atoms with Crippen LogP contribution in [-0.2, 0) is 9.53 Å². The van der Waals surface area contributed by atoms with Crippen LogP contribution in [-0.4, -0.2) is 29.7 Å². The topological polar surface area (TPSA) is 46.5 Å². The lowest BCUT2D eigenvalue weighted by Crippen LogP contribution is -2.19. The minimum atomic E-state index is -0.743. The fourth-order valence-electron chi connectivity index (χ4n) is 2.59. The molecule has 0 aliphatic carbocycles. The molecule has 0 saturated carbocycles. The number of aliphatic hydroxyl groups is 1. The number of alkyl halides is 1. The van der Waals surface area contributed by atoms with Crippen molar-refractivity contribution in [1.82, 2.24) is 0 Å². The molecule has 0 aliphatic rings. The Morgan fingerprint density at radius 2 is 1.30 bits per heavy atom. The predicted octanol–water partition coefficient (Wildman–Crippen LogP) is 5.61. The van der Waals surface area contributed by atoms with Gasteiger partial charge in [-0.2, -0.15) is 0 Å². The molecule has 0 radical (unpaired) electrons. The lowest BCUT2D eigenvalue weighted by Gasteiger charge is -2.08. The Labute approximate surface area is 148 Å². The number of ether oxygens (including phenoxy) is 1. The van der Waals surface area contributed by atoms with Crippen molar-refractivity contribution in [3.05, 3.63) is 0 Å². The van der Waals surface area contributed by atoms with Crippen LogP contribution < -0.4 is 0 Å². The smallest absolute Gasteiger partial charge is 0.305 e. The van der Waals surface area contributed by atoms with Crippen LogP contribution in [0.4, 0.5) is 0 Å². The second kappa shape index (κ2) is 18.1.